The van der Waals surface area contributed by atoms with Crippen LogP contribution < -0.4 is 5.32 Å². The minimum absolute atomic E-state index is 0.122. The fraction of sp³-hybridized carbons (Fsp3) is 0.600. The van der Waals surface area contributed by atoms with Gasteiger partial charge in [0, 0.05) is 38.3 Å². The first-order valence-corrected chi connectivity index (χ1v) is 9.96. The van der Waals surface area contributed by atoms with Gasteiger partial charge in [0.05, 0.1) is 18.7 Å². The van der Waals surface area contributed by atoms with Gasteiger partial charge in [-0.25, -0.2) is 4.79 Å². The van der Waals surface area contributed by atoms with E-state index in [1.165, 1.54) is 0 Å². The molecule has 1 amide bonds. The van der Waals surface area contributed by atoms with E-state index in [9.17, 15) is 4.79 Å². The van der Waals surface area contributed by atoms with Gasteiger partial charge < -0.3 is 24.6 Å². The summed E-state index contributed by atoms with van der Waals surface area (Å²) in [4.78, 5) is 21.0. The van der Waals surface area contributed by atoms with Crippen LogP contribution in [0.5, 0.6) is 0 Å². The summed E-state index contributed by atoms with van der Waals surface area (Å²) in [6.07, 6.45) is -0.377. The Morgan fingerprint density at radius 1 is 1.39 bits per heavy atom. The predicted octanol–water partition coefficient (Wildman–Crippen LogP) is 2.91. The van der Waals surface area contributed by atoms with E-state index in [0.717, 1.165) is 18.1 Å². The van der Waals surface area contributed by atoms with E-state index in [4.69, 9.17) is 21.1 Å². The van der Waals surface area contributed by atoms with E-state index >= 15 is 0 Å². The maximum absolute atomic E-state index is 12.3. The summed E-state index contributed by atoms with van der Waals surface area (Å²) in [6, 6.07) is 7.86. The lowest BCUT2D eigenvalue weighted by molar-refractivity contribution is 0.0137. The zero-order valence-corrected chi connectivity index (χ0v) is 17.7. The van der Waals surface area contributed by atoms with Gasteiger partial charge in [0.25, 0.3) is 0 Å². The van der Waals surface area contributed by atoms with Gasteiger partial charge >= 0.3 is 6.09 Å². The molecule has 28 heavy (non-hydrogen) atoms. The quantitative estimate of drug-likeness (QED) is 0.829. The highest BCUT2D eigenvalue weighted by atomic mass is 35.5. The molecule has 8 heteroatoms. The van der Waals surface area contributed by atoms with Gasteiger partial charge in [0.2, 0.25) is 0 Å². The number of nitrogens with one attached hydrogen (secondary N) is 1. The van der Waals surface area contributed by atoms with E-state index in [1.807, 2.05) is 45.0 Å². The summed E-state index contributed by atoms with van der Waals surface area (Å²) in [5.41, 5.74) is 0.537. The third-order valence-corrected chi connectivity index (χ3v) is 5.04. The van der Waals surface area contributed by atoms with E-state index < -0.39 is 5.60 Å². The molecule has 1 N–H and O–H groups in total. The number of carbonyl (C=O) groups excluding carboxylic acids is 1. The third kappa shape index (κ3) is 5.08. The monoisotopic (exact) mass is 408 g/mol. The van der Waals surface area contributed by atoms with Gasteiger partial charge in [-0.05, 0) is 38.5 Å². The summed E-state index contributed by atoms with van der Waals surface area (Å²) in [6.45, 7) is 8.87. The lowest BCUT2D eigenvalue weighted by Crippen LogP contribution is -2.57. The molecule has 3 rings (SSSR count). The average molecular weight is 409 g/mol. The molecule has 1 aromatic carbocycles. The van der Waals surface area contributed by atoms with Crippen LogP contribution in [0.3, 0.4) is 0 Å². The summed E-state index contributed by atoms with van der Waals surface area (Å²) in [5.74, 6) is 0.859. The van der Waals surface area contributed by atoms with Gasteiger partial charge in [-0.3, -0.25) is 4.99 Å². The van der Waals surface area contributed by atoms with Crippen LogP contribution in [-0.2, 0) is 9.47 Å². The number of aliphatic imine (C=N–C) groups is 1. The van der Waals surface area contributed by atoms with Crippen LogP contribution in [0.15, 0.2) is 29.3 Å². The fourth-order valence-electron chi connectivity index (χ4n) is 3.45. The number of ether oxygens (including phenoxy) is 2. The van der Waals surface area contributed by atoms with E-state index in [2.05, 4.69) is 15.2 Å². The number of amides is 1. The molecule has 0 spiro atoms. The Morgan fingerprint density at radius 3 is 2.86 bits per heavy atom. The number of halogens is 1. The summed E-state index contributed by atoms with van der Waals surface area (Å²) in [5, 5.41) is 4.10. The summed E-state index contributed by atoms with van der Waals surface area (Å²) >= 11 is 6.09. The Kier molecular flexibility index (Phi) is 6.35. The van der Waals surface area contributed by atoms with Crippen LogP contribution in [0.4, 0.5) is 4.79 Å². The van der Waals surface area contributed by atoms with Crippen LogP contribution in [0, 0.1) is 0 Å². The molecule has 1 aromatic rings. The second-order valence-corrected chi connectivity index (χ2v) is 8.53. The maximum atomic E-state index is 12.3. The Morgan fingerprint density at radius 2 is 2.18 bits per heavy atom. The highest BCUT2D eigenvalue weighted by Gasteiger charge is 2.36. The first kappa shape index (κ1) is 20.7. The molecule has 0 aliphatic carbocycles. The highest BCUT2D eigenvalue weighted by Crippen LogP contribution is 2.22. The molecule has 2 unspecified atom stereocenters. The van der Waals surface area contributed by atoms with Crippen LogP contribution in [0.2, 0.25) is 5.02 Å². The number of methoxy groups -OCH3 is 1. The Hall–Kier alpha value is -1.99. The molecule has 2 atom stereocenters. The van der Waals surface area contributed by atoms with Crippen molar-refractivity contribution in [2.75, 3.05) is 39.8 Å². The Balaban J connectivity index is 1.54. The fourth-order valence-corrected chi connectivity index (χ4v) is 3.65. The molecule has 2 aliphatic rings. The molecule has 0 radical (unpaired) electrons. The number of hydrogen-bond donors (Lipinski definition) is 1. The van der Waals surface area contributed by atoms with E-state index in [-0.39, 0.29) is 18.2 Å². The molecule has 1 saturated heterocycles. The lowest BCUT2D eigenvalue weighted by atomic mass is 10.1. The number of carbonyl (C=O) groups is 1. The van der Waals surface area contributed by atoms with Crippen molar-refractivity contribution < 1.29 is 14.3 Å². The van der Waals surface area contributed by atoms with Crippen molar-refractivity contribution in [3.8, 4) is 0 Å². The minimum Gasteiger partial charge on any atom is -0.444 e. The topological polar surface area (TPSA) is 66.4 Å². The van der Waals surface area contributed by atoms with Gasteiger partial charge in [0.1, 0.15) is 5.60 Å². The number of guanidine groups is 1. The molecular formula is C20H29ClN4O3. The summed E-state index contributed by atoms with van der Waals surface area (Å²) in [7, 11) is 1.69. The van der Waals surface area contributed by atoms with E-state index in [0.29, 0.717) is 31.2 Å². The van der Waals surface area contributed by atoms with Crippen LogP contribution >= 0.6 is 11.6 Å². The second-order valence-electron chi connectivity index (χ2n) is 8.10. The molecule has 2 aliphatic heterocycles. The number of fused-ring (bicyclic) bond motifs is 1. The number of rotatable bonds is 4. The van der Waals surface area contributed by atoms with Crippen molar-refractivity contribution in [3.05, 3.63) is 34.9 Å². The van der Waals surface area contributed by atoms with Gasteiger partial charge in [0.15, 0.2) is 5.96 Å². The molecule has 1 fully saturated rings. The Bertz CT molecular complexity index is 734. The van der Waals surface area contributed by atoms with Gasteiger partial charge in [-0.2, -0.15) is 0 Å². The van der Waals surface area contributed by atoms with Crippen molar-refractivity contribution in [1.29, 1.82) is 0 Å². The molecule has 0 bridgehead atoms. The van der Waals surface area contributed by atoms with Crippen LogP contribution in [-0.4, -0.2) is 73.3 Å². The third-order valence-electron chi connectivity index (χ3n) is 4.81. The SMILES string of the molecule is COC(CNC1=NCC2CN(C(=O)OC(C)(C)C)CCN12)c1cccc(Cl)c1. The zero-order chi connectivity index (χ0) is 20.3. The van der Waals surface area contributed by atoms with Crippen molar-refractivity contribution in [2.45, 2.75) is 38.5 Å². The summed E-state index contributed by atoms with van der Waals surface area (Å²) < 4.78 is 11.1. The number of benzene rings is 1. The van der Waals surface area contributed by atoms with Crippen molar-refractivity contribution in [1.82, 2.24) is 15.1 Å². The first-order valence-electron chi connectivity index (χ1n) is 9.58. The standard InChI is InChI=1S/C20H29ClN4O3/c1-20(2,3)28-19(26)24-8-9-25-16(13-24)11-22-18(25)23-12-17(27-4)14-6-5-7-15(21)10-14/h5-7,10,16-17H,8-9,11-13H2,1-4H3,(H,22,23). The van der Waals surface area contributed by atoms with Crippen LogP contribution in [0.1, 0.15) is 32.4 Å². The molecule has 2 heterocycles. The van der Waals surface area contributed by atoms with Crippen molar-refractivity contribution in [2.24, 2.45) is 4.99 Å². The molecule has 0 saturated carbocycles. The predicted molar refractivity (Wildman–Crippen MR) is 110 cm³/mol. The first-order chi connectivity index (χ1) is 13.3. The minimum atomic E-state index is -0.484. The average Bonchev–Trinajstić information content (AvgIpc) is 3.03. The highest BCUT2D eigenvalue weighted by molar-refractivity contribution is 6.30. The molecule has 0 aromatic heterocycles. The lowest BCUT2D eigenvalue weighted by Gasteiger charge is -2.39. The maximum Gasteiger partial charge on any atom is 0.410 e. The van der Waals surface area contributed by atoms with Crippen molar-refractivity contribution >= 4 is 23.7 Å². The number of piperazine rings is 1. The number of nitrogens with zero attached hydrogens (tertiary/aromatic N) is 3. The molecule has 7 nitrogen and oxygen atoms in total. The normalized spacial score (nSPS) is 20.5. The second kappa shape index (κ2) is 8.57. The van der Waals surface area contributed by atoms with Gasteiger partial charge in [-0.1, -0.05) is 23.7 Å². The Labute approximate surface area is 171 Å². The zero-order valence-electron chi connectivity index (χ0n) is 16.9. The molecule has 154 valence electrons. The molecular weight excluding hydrogens is 380 g/mol. The van der Waals surface area contributed by atoms with E-state index in [1.54, 1.807) is 12.0 Å². The van der Waals surface area contributed by atoms with Crippen LogP contribution in [0.25, 0.3) is 0 Å². The largest absolute Gasteiger partial charge is 0.444 e. The van der Waals surface area contributed by atoms with Crippen molar-refractivity contribution in [3.63, 3.8) is 0 Å². The van der Waals surface area contributed by atoms with Gasteiger partial charge in [-0.15, -0.1) is 0 Å². The number of hydrogen-bond acceptors (Lipinski definition) is 6. The smallest absolute Gasteiger partial charge is 0.410 e.